The van der Waals surface area contributed by atoms with Crippen LogP contribution in [0.2, 0.25) is 0 Å². The molecule has 1 aliphatic carbocycles. The van der Waals surface area contributed by atoms with Crippen molar-refractivity contribution in [1.29, 1.82) is 5.26 Å². The number of carbonyl (C=O) groups is 1. The number of nitrogens with one attached hydrogen (secondary N) is 1. The van der Waals surface area contributed by atoms with Crippen LogP contribution in [-0.4, -0.2) is 5.91 Å². The standard InChI is InChI=1S/C12H8F4N2O/c13-6-4-7(14)9(16)10(8(6)15)18-11(19)12(5-17)2-1-3-12/h4H,1-3H2,(H,18,19). The minimum Gasteiger partial charge on any atom is -0.320 e. The van der Waals surface area contributed by atoms with Crippen LogP contribution in [0.5, 0.6) is 0 Å². The highest BCUT2D eigenvalue weighted by Gasteiger charge is 2.45. The number of nitrogens with zero attached hydrogens (tertiary/aromatic N) is 1. The zero-order valence-corrected chi connectivity index (χ0v) is 9.57. The van der Waals surface area contributed by atoms with Crippen LogP contribution in [0.1, 0.15) is 19.3 Å². The van der Waals surface area contributed by atoms with Gasteiger partial charge in [0.15, 0.2) is 23.3 Å². The monoisotopic (exact) mass is 272 g/mol. The Morgan fingerprint density at radius 1 is 1.21 bits per heavy atom. The number of hydrogen-bond donors (Lipinski definition) is 1. The van der Waals surface area contributed by atoms with E-state index in [1.165, 1.54) is 0 Å². The van der Waals surface area contributed by atoms with Gasteiger partial charge in [-0.05, 0) is 19.3 Å². The van der Waals surface area contributed by atoms with Crippen LogP contribution in [0.15, 0.2) is 6.07 Å². The van der Waals surface area contributed by atoms with Crippen molar-refractivity contribution in [2.45, 2.75) is 19.3 Å². The molecule has 1 amide bonds. The van der Waals surface area contributed by atoms with Crippen LogP contribution >= 0.6 is 0 Å². The molecule has 3 nitrogen and oxygen atoms in total. The molecular formula is C12H8F4N2O. The fourth-order valence-corrected chi connectivity index (χ4v) is 1.84. The SMILES string of the molecule is N#CC1(C(=O)Nc2c(F)c(F)cc(F)c2F)CCC1. The maximum atomic E-state index is 13.3. The number of benzene rings is 1. The van der Waals surface area contributed by atoms with E-state index in [0.29, 0.717) is 6.42 Å². The van der Waals surface area contributed by atoms with Crippen molar-refractivity contribution in [2.75, 3.05) is 5.32 Å². The Hall–Kier alpha value is -2.10. The number of hydrogen-bond acceptors (Lipinski definition) is 2. The lowest BCUT2D eigenvalue weighted by Gasteiger charge is -2.33. The van der Waals surface area contributed by atoms with Crippen molar-refractivity contribution < 1.29 is 22.4 Å². The molecule has 0 saturated heterocycles. The molecule has 0 atom stereocenters. The van der Waals surface area contributed by atoms with Gasteiger partial charge >= 0.3 is 0 Å². The van der Waals surface area contributed by atoms with Crippen LogP contribution in [-0.2, 0) is 4.79 Å². The summed E-state index contributed by atoms with van der Waals surface area (Å²) in [6, 6.07) is 1.80. The van der Waals surface area contributed by atoms with E-state index in [-0.39, 0.29) is 18.9 Å². The average Bonchev–Trinajstić information content (AvgIpc) is 2.31. The summed E-state index contributed by atoms with van der Waals surface area (Å²) in [7, 11) is 0. The number of carbonyl (C=O) groups excluding carboxylic acids is 1. The van der Waals surface area contributed by atoms with Gasteiger partial charge in [0.05, 0.1) is 6.07 Å². The van der Waals surface area contributed by atoms with Gasteiger partial charge in [-0.15, -0.1) is 0 Å². The molecule has 0 bridgehead atoms. The lowest BCUT2D eigenvalue weighted by molar-refractivity contribution is -0.126. The Labute approximate surface area is 105 Å². The van der Waals surface area contributed by atoms with Gasteiger partial charge in [0.25, 0.3) is 0 Å². The maximum Gasteiger partial charge on any atom is 0.245 e. The summed E-state index contributed by atoms with van der Waals surface area (Å²) in [4.78, 5) is 11.8. The Bertz CT molecular complexity index is 564. The first kappa shape index (κ1) is 13.3. The van der Waals surface area contributed by atoms with Gasteiger partial charge in [0.2, 0.25) is 5.91 Å². The van der Waals surface area contributed by atoms with Gasteiger partial charge in [-0.3, -0.25) is 4.79 Å². The Kier molecular flexibility index (Phi) is 3.18. The molecule has 19 heavy (non-hydrogen) atoms. The largest absolute Gasteiger partial charge is 0.320 e. The quantitative estimate of drug-likeness (QED) is 0.664. The maximum absolute atomic E-state index is 13.3. The molecular weight excluding hydrogens is 264 g/mol. The Morgan fingerprint density at radius 3 is 2.11 bits per heavy atom. The molecule has 100 valence electrons. The number of amides is 1. The third kappa shape index (κ3) is 2.03. The molecule has 7 heteroatoms. The molecule has 1 aromatic carbocycles. The van der Waals surface area contributed by atoms with Gasteiger partial charge in [0, 0.05) is 6.07 Å². The van der Waals surface area contributed by atoms with Crippen LogP contribution in [0.3, 0.4) is 0 Å². The predicted molar refractivity (Wildman–Crippen MR) is 56.8 cm³/mol. The third-order valence-corrected chi connectivity index (χ3v) is 3.21. The normalized spacial score (nSPS) is 16.4. The van der Waals surface area contributed by atoms with Gasteiger partial charge in [-0.1, -0.05) is 0 Å². The van der Waals surface area contributed by atoms with E-state index in [1.54, 1.807) is 11.4 Å². The van der Waals surface area contributed by atoms with E-state index in [2.05, 4.69) is 0 Å². The van der Waals surface area contributed by atoms with E-state index >= 15 is 0 Å². The molecule has 0 heterocycles. The third-order valence-electron chi connectivity index (χ3n) is 3.21. The summed E-state index contributed by atoms with van der Waals surface area (Å²) in [6.45, 7) is 0. The Morgan fingerprint density at radius 2 is 1.74 bits per heavy atom. The van der Waals surface area contributed by atoms with E-state index in [1.807, 2.05) is 0 Å². The zero-order chi connectivity index (χ0) is 14.2. The Balaban J connectivity index is 2.35. The fraction of sp³-hybridized carbons (Fsp3) is 0.333. The molecule has 0 spiro atoms. The van der Waals surface area contributed by atoms with E-state index in [9.17, 15) is 22.4 Å². The van der Waals surface area contributed by atoms with E-state index in [0.717, 1.165) is 0 Å². The summed E-state index contributed by atoms with van der Waals surface area (Å²) < 4.78 is 52.6. The summed E-state index contributed by atoms with van der Waals surface area (Å²) in [5, 5.41) is 10.6. The van der Waals surface area contributed by atoms with Crippen LogP contribution in [0.4, 0.5) is 23.2 Å². The van der Waals surface area contributed by atoms with Gasteiger partial charge in [0.1, 0.15) is 11.1 Å². The van der Waals surface area contributed by atoms with Gasteiger partial charge in [-0.25, -0.2) is 17.6 Å². The summed E-state index contributed by atoms with van der Waals surface area (Å²) >= 11 is 0. The van der Waals surface area contributed by atoms with Crippen LogP contribution in [0, 0.1) is 40.0 Å². The molecule has 1 fully saturated rings. The van der Waals surface area contributed by atoms with Gasteiger partial charge < -0.3 is 5.32 Å². The van der Waals surface area contributed by atoms with Crippen LogP contribution in [0.25, 0.3) is 0 Å². The number of nitriles is 1. The smallest absolute Gasteiger partial charge is 0.245 e. The first-order valence-electron chi connectivity index (χ1n) is 5.47. The summed E-state index contributed by atoms with van der Waals surface area (Å²) in [6.07, 6.45) is 1.12. The summed E-state index contributed by atoms with van der Waals surface area (Å²) in [5.74, 6) is -7.58. The molecule has 1 N–H and O–H groups in total. The average molecular weight is 272 g/mol. The minimum atomic E-state index is -1.69. The second-order valence-electron chi connectivity index (χ2n) is 4.34. The number of rotatable bonds is 2. The lowest BCUT2D eigenvalue weighted by atomic mass is 9.69. The van der Waals surface area contributed by atoms with E-state index < -0.39 is 40.3 Å². The van der Waals surface area contributed by atoms with Crippen molar-refractivity contribution in [3.8, 4) is 6.07 Å². The molecule has 2 rings (SSSR count). The fourth-order valence-electron chi connectivity index (χ4n) is 1.84. The first-order chi connectivity index (χ1) is 8.91. The number of halogens is 4. The molecule has 1 saturated carbocycles. The zero-order valence-electron chi connectivity index (χ0n) is 9.57. The highest BCUT2D eigenvalue weighted by Crippen LogP contribution is 2.41. The lowest BCUT2D eigenvalue weighted by Crippen LogP contribution is -2.41. The first-order valence-corrected chi connectivity index (χ1v) is 5.47. The van der Waals surface area contributed by atoms with Crippen molar-refractivity contribution in [1.82, 2.24) is 0 Å². The molecule has 0 aromatic heterocycles. The van der Waals surface area contributed by atoms with Crippen LogP contribution < -0.4 is 5.32 Å². The second-order valence-corrected chi connectivity index (χ2v) is 4.34. The molecule has 0 aliphatic heterocycles. The van der Waals surface area contributed by atoms with Crippen molar-refractivity contribution in [3.63, 3.8) is 0 Å². The van der Waals surface area contributed by atoms with E-state index in [4.69, 9.17) is 5.26 Å². The topological polar surface area (TPSA) is 52.9 Å². The second kappa shape index (κ2) is 4.53. The number of anilines is 1. The molecule has 0 radical (unpaired) electrons. The molecule has 1 aliphatic rings. The van der Waals surface area contributed by atoms with Gasteiger partial charge in [-0.2, -0.15) is 5.26 Å². The molecule has 0 unspecified atom stereocenters. The highest BCUT2D eigenvalue weighted by atomic mass is 19.2. The predicted octanol–water partition coefficient (Wildman–Crippen LogP) is 2.88. The van der Waals surface area contributed by atoms with Crippen molar-refractivity contribution >= 4 is 11.6 Å². The highest BCUT2D eigenvalue weighted by molar-refractivity contribution is 5.98. The summed E-state index contributed by atoms with van der Waals surface area (Å²) in [5.41, 5.74) is -2.58. The molecule has 1 aromatic rings. The van der Waals surface area contributed by atoms with Crippen molar-refractivity contribution in [3.05, 3.63) is 29.3 Å². The minimum absolute atomic E-state index is 0.0454. The van der Waals surface area contributed by atoms with Crippen molar-refractivity contribution in [2.24, 2.45) is 5.41 Å².